The lowest BCUT2D eigenvalue weighted by Crippen LogP contribution is -2.57. The summed E-state index contributed by atoms with van der Waals surface area (Å²) in [5.41, 5.74) is 5.23. The van der Waals surface area contributed by atoms with Gasteiger partial charge in [0.1, 0.15) is 0 Å². The molecule has 2 aliphatic rings. The van der Waals surface area contributed by atoms with Gasteiger partial charge in [-0.3, -0.25) is 14.5 Å². The summed E-state index contributed by atoms with van der Waals surface area (Å²) < 4.78 is 5.28. The molecule has 0 unspecified atom stereocenters. The second-order valence-electron chi connectivity index (χ2n) is 8.50. The molecule has 2 aliphatic heterocycles. The first-order chi connectivity index (χ1) is 11.7. The number of nitrogens with one attached hydrogen (secondary N) is 2. The lowest BCUT2D eigenvalue weighted by Gasteiger charge is -2.34. The maximum atomic E-state index is 12.4. The number of amides is 2. The highest BCUT2D eigenvalue weighted by molar-refractivity contribution is 5.86. The van der Waals surface area contributed by atoms with Crippen LogP contribution in [0.2, 0.25) is 0 Å². The van der Waals surface area contributed by atoms with Crippen molar-refractivity contribution in [1.82, 2.24) is 15.5 Å². The Balaban J connectivity index is 1.67. The number of nitrogens with two attached hydrogens (primary N) is 1. The summed E-state index contributed by atoms with van der Waals surface area (Å²) in [7, 11) is 0. The van der Waals surface area contributed by atoms with E-state index in [4.69, 9.17) is 10.5 Å². The van der Waals surface area contributed by atoms with Crippen LogP contribution in [-0.4, -0.2) is 67.2 Å². The zero-order chi connectivity index (χ0) is 18.5. The van der Waals surface area contributed by atoms with Gasteiger partial charge < -0.3 is 21.1 Å². The number of rotatable bonds is 5. The van der Waals surface area contributed by atoms with E-state index in [0.717, 1.165) is 25.9 Å². The van der Waals surface area contributed by atoms with E-state index >= 15 is 0 Å². The molecule has 25 heavy (non-hydrogen) atoms. The number of likely N-dealkylation sites (tertiary alicyclic amines) is 1. The fraction of sp³-hybridized carbons (Fsp3) is 0.889. The Morgan fingerprint density at radius 2 is 1.80 bits per heavy atom. The van der Waals surface area contributed by atoms with Crippen molar-refractivity contribution >= 4 is 11.8 Å². The first-order valence-electron chi connectivity index (χ1n) is 9.36. The molecule has 4 N–H and O–H groups in total. The fourth-order valence-electron chi connectivity index (χ4n) is 3.39. The minimum atomic E-state index is -0.774. The molecule has 0 aliphatic carbocycles. The van der Waals surface area contributed by atoms with Crippen LogP contribution < -0.4 is 16.4 Å². The van der Waals surface area contributed by atoms with Crippen LogP contribution in [0.3, 0.4) is 0 Å². The van der Waals surface area contributed by atoms with E-state index in [9.17, 15) is 9.59 Å². The predicted octanol–water partition coefficient (Wildman–Crippen LogP) is 0.237. The third-order valence-corrected chi connectivity index (χ3v) is 4.98. The van der Waals surface area contributed by atoms with E-state index in [1.807, 2.05) is 20.8 Å². The van der Waals surface area contributed by atoms with Gasteiger partial charge in [-0.2, -0.15) is 0 Å². The molecule has 7 heteroatoms. The molecule has 2 rings (SSSR count). The Morgan fingerprint density at radius 3 is 2.36 bits per heavy atom. The molecular weight excluding hydrogens is 320 g/mol. The largest absolute Gasteiger partial charge is 0.381 e. The van der Waals surface area contributed by atoms with Crippen LogP contribution in [0.4, 0.5) is 0 Å². The molecule has 0 aromatic rings. The second-order valence-corrected chi connectivity index (χ2v) is 8.50. The Bertz CT molecular complexity index is 461. The van der Waals surface area contributed by atoms with Gasteiger partial charge in [0.25, 0.3) is 0 Å². The topological polar surface area (TPSA) is 96.7 Å². The number of carbonyl (C=O) groups is 2. The molecule has 0 radical (unpaired) electrons. The second kappa shape index (κ2) is 8.47. The molecular formula is C18H34N4O3. The minimum Gasteiger partial charge on any atom is -0.381 e. The molecule has 0 bridgehead atoms. The third kappa shape index (κ3) is 6.56. The summed E-state index contributed by atoms with van der Waals surface area (Å²) in [6.07, 6.45) is 3.15. The molecule has 7 nitrogen and oxygen atoms in total. The van der Waals surface area contributed by atoms with Crippen molar-refractivity contribution in [3.63, 3.8) is 0 Å². The fourth-order valence-corrected chi connectivity index (χ4v) is 3.39. The smallest absolute Gasteiger partial charge is 0.240 e. The molecule has 0 aromatic carbocycles. The van der Waals surface area contributed by atoms with Crippen LogP contribution in [0.1, 0.15) is 46.5 Å². The summed E-state index contributed by atoms with van der Waals surface area (Å²) in [6, 6.07) is 0. The zero-order valence-corrected chi connectivity index (χ0v) is 15.9. The maximum absolute atomic E-state index is 12.4. The summed E-state index contributed by atoms with van der Waals surface area (Å²) in [5.74, 6) is 0.473. The molecule has 2 fully saturated rings. The van der Waals surface area contributed by atoms with Crippen molar-refractivity contribution in [1.29, 1.82) is 0 Å². The number of ether oxygens (including phenoxy) is 1. The van der Waals surface area contributed by atoms with E-state index in [0.29, 0.717) is 45.1 Å². The average molecular weight is 354 g/mol. The first kappa shape index (κ1) is 20.1. The molecule has 0 aromatic heterocycles. The van der Waals surface area contributed by atoms with Crippen LogP contribution in [0, 0.1) is 5.92 Å². The molecule has 2 heterocycles. The maximum Gasteiger partial charge on any atom is 0.240 e. The van der Waals surface area contributed by atoms with Gasteiger partial charge >= 0.3 is 0 Å². The molecule has 2 amide bonds. The summed E-state index contributed by atoms with van der Waals surface area (Å²) in [5, 5.41) is 6.03. The Kier molecular flexibility index (Phi) is 6.82. The summed E-state index contributed by atoms with van der Waals surface area (Å²) in [6.45, 7) is 9.97. The molecule has 0 saturated carbocycles. The Morgan fingerprint density at radius 1 is 1.20 bits per heavy atom. The molecule has 0 atom stereocenters. The molecule has 144 valence electrons. The Hall–Kier alpha value is -1.18. The Labute approximate surface area is 151 Å². The lowest BCUT2D eigenvalue weighted by atomic mass is 9.89. The third-order valence-electron chi connectivity index (χ3n) is 4.98. The number of nitrogens with zero attached hydrogens (tertiary/aromatic N) is 1. The van der Waals surface area contributed by atoms with E-state index < -0.39 is 5.54 Å². The van der Waals surface area contributed by atoms with Gasteiger partial charge in [-0.25, -0.2) is 0 Å². The minimum absolute atomic E-state index is 0.0530. The van der Waals surface area contributed by atoms with Crippen LogP contribution >= 0.6 is 0 Å². The normalized spacial score (nSPS) is 22.4. The van der Waals surface area contributed by atoms with Crippen LogP contribution in [-0.2, 0) is 14.3 Å². The van der Waals surface area contributed by atoms with Gasteiger partial charge in [-0.15, -0.1) is 0 Å². The standard InChI is InChI=1S/C18H34N4O3/c1-17(2,3)21-15(23)13-22-8-4-14(5-9-22)12-20-16(24)18(19)6-10-25-11-7-18/h14H,4-13,19H2,1-3H3,(H,20,24)(H,21,23). The van der Waals surface area contributed by atoms with Crippen molar-refractivity contribution in [3.8, 4) is 0 Å². The van der Waals surface area contributed by atoms with Crippen molar-refractivity contribution in [3.05, 3.63) is 0 Å². The van der Waals surface area contributed by atoms with E-state index in [2.05, 4.69) is 15.5 Å². The van der Waals surface area contributed by atoms with Crippen LogP contribution in [0.15, 0.2) is 0 Å². The van der Waals surface area contributed by atoms with Crippen molar-refractivity contribution in [2.75, 3.05) is 39.4 Å². The van der Waals surface area contributed by atoms with Gasteiger partial charge in [-0.1, -0.05) is 0 Å². The van der Waals surface area contributed by atoms with Gasteiger partial charge in [0, 0.05) is 25.3 Å². The van der Waals surface area contributed by atoms with Gasteiger partial charge in [0.15, 0.2) is 0 Å². The SMILES string of the molecule is CC(C)(C)NC(=O)CN1CCC(CNC(=O)C2(N)CCOCC2)CC1. The van der Waals surface area contributed by atoms with Gasteiger partial charge in [-0.05, 0) is 65.5 Å². The highest BCUT2D eigenvalue weighted by Crippen LogP contribution is 2.19. The highest BCUT2D eigenvalue weighted by atomic mass is 16.5. The van der Waals surface area contributed by atoms with Crippen LogP contribution in [0.25, 0.3) is 0 Å². The van der Waals surface area contributed by atoms with Gasteiger partial charge in [0.2, 0.25) is 11.8 Å². The zero-order valence-electron chi connectivity index (χ0n) is 15.9. The number of piperidine rings is 1. The van der Waals surface area contributed by atoms with Crippen molar-refractivity contribution in [2.45, 2.75) is 57.5 Å². The lowest BCUT2D eigenvalue weighted by molar-refractivity contribution is -0.130. The predicted molar refractivity (Wildman–Crippen MR) is 97.0 cm³/mol. The van der Waals surface area contributed by atoms with Crippen LogP contribution in [0.5, 0.6) is 0 Å². The van der Waals surface area contributed by atoms with E-state index in [1.54, 1.807) is 0 Å². The molecule has 0 spiro atoms. The number of hydrogen-bond donors (Lipinski definition) is 3. The first-order valence-corrected chi connectivity index (χ1v) is 9.36. The highest BCUT2D eigenvalue weighted by Gasteiger charge is 2.36. The van der Waals surface area contributed by atoms with E-state index in [1.165, 1.54) is 0 Å². The average Bonchev–Trinajstić information content (AvgIpc) is 2.52. The number of carbonyl (C=O) groups excluding carboxylic acids is 2. The monoisotopic (exact) mass is 354 g/mol. The quantitative estimate of drug-likeness (QED) is 0.657. The van der Waals surface area contributed by atoms with Crippen molar-refractivity contribution < 1.29 is 14.3 Å². The van der Waals surface area contributed by atoms with Gasteiger partial charge in [0.05, 0.1) is 12.1 Å². The molecule has 2 saturated heterocycles. The van der Waals surface area contributed by atoms with Crippen molar-refractivity contribution in [2.24, 2.45) is 11.7 Å². The summed E-state index contributed by atoms with van der Waals surface area (Å²) >= 11 is 0. The summed E-state index contributed by atoms with van der Waals surface area (Å²) in [4.78, 5) is 26.5. The number of hydrogen-bond acceptors (Lipinski definition) is 5. The van der Waals surface area contributed by atoms with E-state index in [-0.39, 0.29) is 17.4 Å².